The summed E-state index contributed by atoms with van der Waals surface area (Å²) in [4.78, 5) is 26.8. The molecule has 3 aromatic rings. The molecule has 9 heteroatoms. The number of rotatable bonds is 6. The molecule has 0 atom stereocenters. The van der Waals surface area contributed by atoms with Crippen LogP contribution in [0.4, 0.5) is 15.2 Å². The second-order valence-electron chi connectivity index (χ2n) is 5.61. The highest BCUT2D eigenvalue weighted by molar-refractivity contribution is 7.14. The quantitative estimate of drug-likeness (QED) is 0.506. The third-order valence-electron chi connectivity index (χ3n) is 3.56. The molecule has 0 bridgehead atoms. The fourth-order valence-electron chi connectivity index (χ4n) is 2.28. The zero-order valence-electron chi connectivity index (χ0n) is 14.1. The fraction of sp³-hybridized carbons (Fsp3) is 0.111. The molecule has 0 saturated carbocycles. The maximum absolute atomic E-state index is 13.0. The molecule has 1 N–H and O–H groups in total. The van der Waals surface area contributed by atoms with Crippen LogP contribution < -0.4 is 10.1 Å². The van der Waals surface area contributed by atoms with Gasteiger partial charge in [-0.1, -0.05) is 6.07 Å². The van der Waals surface area contributed by atoms with Crippen LogP contribution in [0.1, 0.15) is 5.56 Å². The van der Waals surface area contributed by atoms with Crippen LogP contribution in [0, 0.1) is 22.9 Å². The topological polar surface area (TPSA) is 94.4 Å². The Morgan fingerprint density at radius 1 is 1.30 bits per heavy atom. The first-order valence-corrected chi connectivity index (χ1v) is 8.69. The van der Waals surface area contributed by atoms with Gasteiger partial charge in [-0.25, -0.2) is 9.37 Å². The van der Waals surface area contributed by atoms with Crippen molar-refractivity contribution in [2.45, 2.75) is 6.92 Å². The van der Waals surface area contributed by atoms with E-state index in [0.29, 0.717) is 10.8 Å². The Balaban J connectivity index is 1.62. The molecule has 0 fully saturated rings. The van der Waals surface area contributed by atoms with Crippen molar-refractivity contribution in [2.24, 2.45) is 0 Å². The molecule has 0 radical (unpaired) electrons. The van der Waals surface area contributed by atoms with Crippen LogP contribution >= 0.6 is 11.3 Å². The van der Waals surface area contributed by atoms with Crippen molar-refractivity contribution in [1.82, 2.24) is 4.98 Å². The number of thiazole rings is 1. The molecule has 2 aromatic carbocycles. The highest BCUT2D eigenvalue weighted by atomic mass is 32.1. The number of nitrogens with zero attached hydrogens (tertiary/aromatic N) is 2. The first kappa shape index (κ1) is 18.5. The smallest absolute Gasteiger partial charge is 0.311 e. The van der Waals surface area contributed by atoms with Crippen LogP contribution in [0.5, 0.6) is 5.75 Å². The van der Waals surface area contributed by atoms with Gasteiger partial charge in [-0.2, -0.15) is 0 Å². The van der Waals surface area contributed by atoms with E-state index in [9.17, 15) is 19.3 Å². The lowest BCUT2D eigenvalue weighted by Crippen LogP contribution is -2.20. The predicted octanol–water partition coefficient (Wildman–Crippen LogP) is 4.18. The van der Waals surface area contributed by atoms with Crippen LogP contribution in [0.25, 0.3) is 11.3 Å². The number of hydrogen-bond acceptors (Lipinski definition) is 6. The van der Waals surface area contributed by atoms with Gasteiger partial charge in [0.15, 0.2) is 17.5 Å². The summed E-state index contributed by atoms with van der Waals surface area (Å²) in [6.07, 6.45) is 0. The predicted molar refractivity (Wildman–Crippen MR) is 99.5 cm³/mol. The van der Waals surface area contributed by atoms with E-state index in [0.717, 1.165) is 11.1 Å². The maximum Gasteiger partial charge on any atom is 0.311 e. The normalized spacial score (nSPS) is 10.4. The summed E-state index contributed by atoms with van der Waals surface area (Å²) >= 11 is 1.21. The maximum atomic E-state index is 13.0. The Morgan fingerprint density at radius 3 is 2.74 bits per heavy atom. The Hall–Kier alpha value is -3.33. The number of aryl methyl sites for hydroxylation is 1. The standard InChI is InChI=1S/C18H14FN3O4S/c1-11-2-7-16(15(8-11)22(24)25)26-9-17(23)21-18-20-14(10-27-18)12-3-5-13(19)6-4-12/h2-8,10H,9H2,1H3,(H,20,21,23). The number of carbonyl (C=O) groups excluding carboxylic acids is 1. The summed E-state index contributed by atoms with van der Waals surface area (Å²) in [6.45, 7) is 1.33. The highest BCUT2D eigenvalue weighted by Gasteiger charge is 2.17. The van der Waals surface area contributed by atoms with Crippen LogP contribution in [0.2, 0.25) is 0 Å². The van der Waals surface area contributed by atoms with Crippen LogP contribution in [-0.2, 0) is 4.79 Å². The number of amides is 1. The van der Waals surface area contributed by atoms with Gasteiger partial charge in [-0.3, -0.25) is 20.2 Å². The number of carbonyl (C=O) groups is 1. The molecule has 0 spiro atoms. The first-order chi connectivity index (χ1) is 12.9. The number of benzene rings is 2. The van der Waals surface area contributed by atoms with E-state index in [4.69, 9.17) is 4.74 Å². The van der Waals surface area contributed by atoms with E-state index in [-0.39, 0.29) is 17.3 Å². The van der Waals surface area contributed by atoms with E-state index in [1.54, 1.807) is 30.5 Å². The van der Waals surface area contributed by atoms with Crippen molar-refractivity contribution in [3.8, 4) is 17.0 Å². The van der Waals surface area contributed by atoms with E-state index < -0.39 is 17.4 Å². The lowest BCUT2D eigenvalue weighted by molar-refractivity contribution is -0.385. The highest BCUT2D eigenvalue weighted by Crippen LogP contribution is 2.28. The first-order valence-electron chi connectivity index (χ1n) is 7.81. The summed E-state index contributed by atoms with van der Waals surface area (Å²) in [5, 5.41) is 15.7. The molecule has 0 saturated heterocycles. The molecule has 3 rings (SSSR count). The molecule has 1 aromatic heterocycles. The molecule has 138 valence electrons. The number of nitro groups is 1. The van der Waals surface area contributed by atoms with Crippen molar-refractivity contribution >= 4 is 28.1 Å². The number of anilines is 1. The molecular formula is C18H14FN3O4S. The second kappa shape index (κ2) is 7.92. The van der Waals surface area contributed by atoms with Gasteiger partial charge < -0.3 is 4.74 Å². The Labute approximate surface area is 157 Å². The van der Waals surface area contributed by atoms with E-state index >= 15 is 0 Å². The number of hydrogen-bond donors (Lipinski definition) is 1. The molecule has 1 amide bonds. The number of nitro benzene ring substituents is 1. The van der Waals surface area contributed by atoms with Gasteiger partial charge >= 0.3 is 5.69 Å². The molecule has 7 nitrogen and oxygen atoms in total. The van der Waals surface area contributed by atoms with Crippen LogP contribution in [0.15, 0.2) is 47.8 Å². The van der Waals surface area contributed by atoms with Crippen molar-refractivity contribution in [3.63, 3.8) is 0 Å². The minimum atomic E-state index is -0.559. The van der Waals surface area contributed by atoms with Crippen LogP contribution in [-0.4, -0.2) is 22.4 Å². The molecule has 0 aliphatic heterocycles. The van der Waals surface area contributed by atoms with E-state index in [1.807, 2.05) is 0 Å². The molecule has 1 heterocycles. The number of nitrogens with one attached hydrogen (secondary N) is 1. The summed E-state index contributed by atoms with van der Waals surface area (Å²) in [6, 6.07) is 10.3. The van der Waals surface area contributed by atoms with Gasteiger partial charge in [0.2, 0.25) is 0 Å². The zero-order valence-corrected chi connectivity index (χ0v) is 15.0. The third-order valence-corrected chi connectivity index (χ3v) is 4.32. The van der Waals surface area contributed by atoms with Crippen molar-refractivity contribution in [3.05, 3.63) is 69.3 Å². The lowest BCUT2D eigenvalue weighted by Gasteiger charge is -2.07. The Morgan fingerprint density at radius 2 is 2.04 bits per heavy atom. The number of halogens is 1. The van der Waals surface area contributed by atoms with Crippen molar-refractivity contribution in [1.29, 1.82) is 0 Å². The fourth-order valence-corrected chi connectivity index (χ4v) is 3.01. The summed E-state index contributed by atoms with van der Waals surface area (Å²) in [5.74, 6) is -0.818. The van der Waals surface area contributed by atoms with Crippen molar-refractivity contribution < 1.29 is 18.8 Å². The largest absolute Gasteiger partial charge is 0.477 e. The van der Waals surface area contributed by atoms with E-state index in [1.165, 1.54) is 35.6 Å². The third kappa shape index (κ3) is 4.64. The summed E-state index contributed by atoms with van der Waals surface area (Å²) < 4.78 is 18.2. The summed E-state index contributed by atoms with van der Waals surface area (Å²) in [7, 11) is 0. The van der Waals surface area contributed by atoms with Crippen LogP contribution in [0.3, 0.4) is 0 Å². The molecular weight excluding hydrogens is 373 g/mol. The van der Waals surface area contributed by atoms with Gasteiger partial charge in [0.25, 0.3) is 5.91 Å². The minimum absolute atomic E-state index is 0.0203. The molecule has 0 aliphatic rings. The SMILES string of the molecule is Cc1ccc(OCC(=O)Nc2nc(-c3ccc(F)cc3)cs2)c([N+](=O)[O-])c1. The van der Waals surface area contributed by atoms with Gasteiger partial charge in [0.1, 0.15) is 5.82 Å². The van der Waals surface area contributed by atoms with Crippen molar-refractivity contribution in [2.75, 3.05) is 11.9 Å². The van der Waals surface area contributed by atoms with E-state index in [2.05, 4.69) is 10.3 Å². The van der Waals surface area contributed by atoms with Gasteiger partial charge in [-0.05, 0) is 42.8 Å². The van der Waals surface area contributed by atoms with Gasteiger partial charge in [-0.15, -0.1) is 11.3 Å². The zero-order chi connectivity index (χ0) is 19.4. The average molecular weight is 387 g/mol. The Bertz CT molecular complexity index is 989. The summed E-state index contributed by atoms with van der Waals surface area (Å²) in [5.41, 5.74) is 1.84. The monoisotopic (exact) mass is 387 g/mol. The minimum Gasteiger partial charge on any atom is -0.477 e. The Kier molecular flexibility index (Phi) is 5.41. The number of ether oxygens (including phenoxy) is 1. The average Bonchev–Trinajstić information content (AvgIpc) is 3.09. The molecule has 0 unspecified atom stereocenters. The number of aromatic nitrogens is 1. The molecule has 0 aliphatic carbocycles. The van der Waals surface area contributed by atoms with Gasteiger partial charge in [0, 0.05) is 17.0 Å². The molecule has 27 heavy (non-hydrogen) atoms. The lowest BCUT2D eigenvalue weighted by atomic mass is 10.2. The van der Waals surface area contributed by atoms with Gasteiger partial charge in [0.05, 0.1) is 10.6 Å². The second-order valence-corrected chi connectivity index (χ2v) is 6.47.